The number of hydrogen-bond acceptors (Lipinski definition) is 2. The molecule has 1 aliphatic heterocycles. The normalized spacial score (nSPS) is 28.0. The van der Waals surface area contributed by atoms with E-state index in [9.17, 15) is 0 Å². The molecule has 0 saturated heterocycles. The van der Waals surface area contributed by atoms with E-state index >= 15 is 0 Å². The van der Waals surface area contributed by atoms with Gasteiger partial charge in [-0.1, -0.05) is 20.8 Å². The summed E-state index contributed by atoms with van der Waals surface area (Å²) in [5.41, 5.74) is 2.82. The van der Waals surface area contributed by atoms with Gasteiger partial charge in [-0.3, -0.25) is 0 Å². The minimum atomic E-state index is 0.538. The molecular weight excluding hydrogens is 210 g/mol. The van der Waals surface area contributed by atoms with E-state index in [1.54, 1.807) is 0 Å². The van der Waals surface area contributed by atoms with E-state index in [2.05, 4.69) is 30.7 Å². The van der Waals surface area contributed by atoms with Crippen molar-refractivity contribution in [3.63, 3.8) is 0 Å². The summed E-state index contributed by atoms with van der Waals surface area (Å²) in [7, 11) is 0. The van der Waals surface area contributed by atoms with Crippen molar-refractivity contribution in [3.05, 3.63) is 17.2 Å². The molecule has 3 rings (SSSR count). The molecule has 0 unspecified atom stereocenters. The maximum atomic E-state index is 4.88. The smallest absolute Gasteiger partial charge is 0.112 e. The van der Waals surface area contributed by atoms with Crippen molar-refractivity contribution < 1.29 is 0 Å². The molecule has 0 aromatic carbocycles. The maximum Gasteiger partial charge on any atom is 0.112 e. The number of nitrogens with one attached hydrogen (secondary N) is 1. The molecule has 1 fully saturated rings. The van der Waals surface area contributed by atoms with E-state index in [1.807, 2.05) is 0 Å². The third-order valence-corrected chi connectivity index (χ3v) is 4.18. The predicted molar refractivity (Wildman–Crippen MR) is 69.2 cm³/mol. The summed E-state index contributed by atoms with van der Waals surface area (Å²) in [6.45, 7) is 8.96. The molecule has 0 spiro atoms. The van der Waals surface area contributed by atoms with Gasteiger partial charge in [-0.05, 0) is 18.8 Å². The lowest BCUT2D eigenvalue weighted by molar-refractivity contribution is 0.206. The molecule has 2 aliphatic rings. The van der Waals surface area contributed by atoms with E-state index < -0.39 is 0 Å². The van der Waals surface area contributed by atoms with Crippen molar-refractivity contribution in [1.82, 2.24) is 14.9 Å². The van der Waals surface area contributed by atoms with Crippen molar-refractivity contribution in [2.24, 2.45) is 5.92 Å². The monoisotopic (exact) mass is 233 g/mol. The van der Waals surface area contributed by atoms with Crippen LogP contribution in [0.5, 0.6) is 0 Å². The molecule has 1 N–H and O–H groups in total. The van der Waals surface area contributed by atoms with Crippen LogP contribution < -0.4 is 5.32 Å². The molecule has 1 saturated carbocycles. The number of rotatable bonds is 2. The fourth-order valence-electron chi connectivity index (χ4n) is 3.24. The summed E-state index contributed by atoms with van der Waals surface area (Å²) >= 11 is 0. The van der Waals surface area contributed by atoms with Gasteiger partial charge in [-0.15, -0.1) is 0 Å². The van der Waals surface area contributed by atoms with Gasteiger partial charge in [0.25, 0.3) is 0 Å². The molecule has 3 heteroatoms. The van der Waals surface area contributed by atoms with Gasteiger partial charge in [0.05, 0.1) is 5.69 Å². The average molecular weight is 233 g/mol. The molecule has 2 heterocycles. The van der Waals surface area contributed by atoms with Crippen molar-refractivity contribution in [2.75, 3.05) is 6.54 Å². The highest BCUT2D eigenvalue weighted by atomic mass is 15.2. The van der Waals surface area contributed by atoms with E-state index in [-0.39, 0.29) is 0 Å². The largest absolute Gasteiger partial charge is 0.328 e. The average Bonchev–Trinajstić information content (AvgIpc) is 2.64. The Bertz CT molecular complexity index is 413. The van der Waals surface area contributed by atoms with Crippen LogP contribution in [0.4, 0.5) is 0 Å². The van der Waals surface area contributed by atoms with Crippen LogP contribution in [0.25, 0.3) is 0 Å². The Morgan fingerprint density at radius 2 is 2.12 bits per heavy atom. The van der Waals surface area contributed by atoms with Gasteiger partial charge in [0.1, 0.15) is 5.82 Å². The van der Waals surface area contributed by atoms with Gasteiger partial charge in [0.2, 0.25) is 0 Å². The Balaban J connectivity index is 2.00. The fraction of sp³-hybridized carbons (Fsp3) is 0.786. The molecule has 0 radical (unpaired) electrons. The zero-order valence-corrected chi connectivity index (χ0v) is 11.2. The van der Waals surface area contributed by atoms with E-state index in [1.165, 1.54) is 30.1 Å². The molecule has 0 atom stereocenters. The van der Waals surface area contributed by atoms with E-state index in [0.717, 1.165) is 31.5 Å². The first-order valence-electron chi connectivity index (χ1n) is 6.97. The minimum Gasteiger partial charge on any atom is -0.328 e. The summed E-state index contributed by atoms with van der Waals surface area (Å²) in [6.07, 6.45) is 3.84. The first kappa shape index (κ1) is 11.3. The SMILES string of the molecule is CC1CC(n2c(C(C)C)nc3c2CCNC3)C1. The molecule has 1 aromatic heterocycles. The molecule has 17 heavy (non-hydrogen) atoms. The lowest BCUT2D eigenvalue weighted by Crippen LogP contribution is -2.30. The van der Waals surface area contributed by atoms with Gasteiger partial charge >= 0.3 is 0 Å². The summed E-state index contributed by atoms with van der Waals surface area (Å²) in [5, 5.41) is 3.43. The van der Waals surface area contributed by atoms with Crippen LogP contribution in [0.1, 0.15) is 62.8 Å². The Hall–Kier alpha value is -0.830. The van der Waals surface area contributed by atoms with Gasteiger partial charge < -0.3 is 9.88 Å². The van der Waals surface area contributed by atoms with Crippen molar-refractivity contribution >= 4 is 0 Å². The molecule has 0 bridgehead atoms. The van der Waals surface area contributed by atoms with Crippen LogP contribution >= 0.6 is 0 Å². The van der Waals surface area contributed by atoms with Gasteiger partial charge in [-0.2, -0.15) is 0 Å². The Kier molecular flexibility index (Phi) is 2.74. The van der Waals surface area contributed by atoms with Crippen molar-refractivity contribution in [3.8, 4) is 0 Å². The highest BCUT2D eigenvalue weighted by Gasteiger charge is 2.32. The predicted octanol–water partition coefficient (Wildman–Crippen LogP) is 2.62. The standard InChI is InChI=1S/C14H23N3/c1-9(2)14-16-12-8-15-5-4-13(12)17(14)11-6-10(3)7-11/h9-11,15H,4-8H2,1-3H3. The summed E-state index contributed by atoms with van der Waals surface area (Å²) < 4.78 is 2.58. The van der Waals surface area contributed by atoms with Crippen LogP contribution in [0.2, 0.25) is 0 Å². The number of hydrogen-bond donors (Lipinski definition) is 1. The Morgan fingerprint density at radius 1 is 1.35 bits per heavy atom. The summed E-state index contributed by atoms with van der Waals surface area (Å²) in [4.78, 5) is 4.88. The van der Waals surface area contributed by atoms with Gasteiger partial charge in [-0.25, -0.2) is 4.98 Å². The fourth-order valence-corrected chi connectivity index (χ4v) is 3.24. The second-order valence-corrected chi connectivity index (χ2v) is 6.05. The van der Waals surface area contributed by atoms with Crippen LogP contribution in [0.15, 0.2) is 0 Å². The summed E-state index contributed by atoms with van der Waals surface area (Å²) in [5.74, 6) is 2.76. The first-order chi connectivity index (χ1) is 8.16. The Labute approximate surface area is 104 Å². The van der Waals surface area contributed by atoms with Crippen molar-refractivity contribution in [1.29, 1.82) is 0 Å². The summed E-state index contributed by atoms with van der Waals surface area (Å²) in [6, 6.07) is 0.733. The van der Waals surface area contributed by atoms with Crippen molar-refractivity contribution in [2.45, 2.75) is 58.5 Å². The molecule has 94 valence electrons. The highest BCUT2D eigenvalue weighted by molar-refractivity contribution is 5.23. The lowest BCUT2D eigenvalue weighted by Gasteiger charge is -2.37. The van der Waals surface area contributed by atoms with E-state index in [4.69, 9.17) is 4.98 Å². The minimum absolute atomic E-state index is 0.538. The number of nitrogens with zero attached hydrogens (tertiary/aromatic N) is 2. The zero-order chi connectivity index (χ0) is 12.0. The van der Waals surface area contributed by atoms with Crippen LogP contribution in [0, 0.1) is 5.92 Å². The lowest BCUT2D eigenvalue weighted by atomic mass is 9.81. The molecule has 1 aromatic rings. The van der Waals surface area contributed by atoms with Gasteiger partial charge in [0.15, 0.2) is 0 Å². The molecular formula is C14H23N3. The second kappa shape index (κ2) is 4.13. The second-order valence-electron chi connectivity index (χ2n) is 6.05. The third-order valence-electron chi connectivity index (χ3n) is 4.18. The number of imidazole rings is 1. The van der Waals surface area contributed by atoms with Crippen LogP contribution in [-0.4, -0.2) is 16.1 Å². The topological polar surface area (TPSA) is 29.9 Å². The van der Waals surface area contributed by atoms with Crippen LogP contribution in [0.3, 0.4) is 0 Å². The third kappa shape index (κ3) is 1.81. The highest BCUT2D eigenvalue weighted by Crippen LogP contribution is 2.40. The number of fused-ring (bicyclic) bond motifs is 1. The Morgan fingerprint density at radius 3 is 2.76 bits per heavy atom. The molecule has 1 aliphatic carbocycles. The van der Waals surface area contributed by atoms with Crippen LogP contribution in [-0.2, 0) is 13.0 Å². The van der Waals surface area contributed by atoms with Gasteiger partial charge in [0, 0.05) is 37.2 Å². The quantitative estimate of drug-likeness (QED) is 0.851. The van der Waals surface area contributed by atoms with E-state index in [0.29, 0.717) is 5.92 Å². The zero-order valence-electron chi connectivity index (χ0n) is 11.2. The maximum absolute atomic E-state index is 4.88. The first-order valence-corrected chi connectivity index (χ1v) is 6.97. The molecule has 3 nitrogen and oxygen atoms in total. The number of aromatic nitrogens is 2. The molecule has 0 amide bonds.